The first-order valence-corrected chi connectivity index (χ1v) is 5.60. The van der Waals surface area contributed by atoms with Crippen molar-refractivity contribution < 1.29 is 38.4 Å². The zero-order chi connectivity index (χ0) is 11.9. The van der Waals surface area contributed by atoms with Crippen LogP contribution in [0.4, 0.5) is 0 Å². The summed E-state index contributed by atoms with van der Waals surface area (Å²) < 4.78 is 7.94. The third-order valence-corrected chi connectivity index (χ3v) is 2.99. The van der Waals surface area contributed by atoms with Crippen LogP contribution in [0.15, 0.2) is 0 Å². The zero-order valence-corrected chi connectivity index (χ0v) is 13.3. The molecule has 0 aromatic carbocycles. The Morgan fingerprint density at radius 2 is 2.00 bits per heavy atom. The standard InChI is InChI=1S/C12H24NO2.HI/c1-9-7-11(2,3)13(6)10(15-9)8-12(4,5)14;/h9,14H,7-8H2,1-6H3;1H/q+1;/p-1. The molecular formula is C12H24INO2. The highest BCUT2D eigenvalue weighted by atomic mass is 127. The third-order valence-electron chi connectivity index (χ3n) is 2.99. The molecular weight excluding hydrogens is 317 g/mol. The van der Waals surface area contributed by atoms with Gasteiger partial charge in [0.1, 0.15) is 13.2 Å². The third kappa shape index (κ3) is 4.20. The van der Waals surface area contributed by atoms with Crippen molar-refractivity contribution in [1.29, 1.82) is 0 Å². The Morgan fingerprint density at radius 3 is 2.44 bits per heavy atom. The summed E-state index contributed by atoms with van der Waals surface area (Å²) in [7, 11) is 2.03. The van der Waals surface area contributed by atoms with Crippen LogP contribution in [0.5, 0.6) is 0 Å². The molecule has 4 heteroatoms. The molecule has 0 fully saturated rings. The van der Waals surface area contributed by atoms with E-state index in [9.17, 15) is 5.11 Å². The Hall–Kier alpha value is 0.160. The van der Waals surface area contributed by atoms with E-state index in [1.807, 2.05) is 20.9 Å². The summed E-state index contributed by atoms with van der Waals surface area (Å²) in [6.45, 7) is 10.1. The van der Waals surface area contributed by atoms with E-state index in [-0.39, 0.29) is 35.6 Å². The summed E-state index contributed by atoms with van der Waals surface area (Å²) in [5, 5.41) is 9.82. The monoisotopic (exact) mass is 341 g/mol. The molecule has 0 aromatic rings. The molecule has 0 saturated heterocycles. The second-order valence-corrected chi connectivity index (χ2v) is 5.89. The van der Waals surface area contributed by atoms with E-state index in [1.54, 1.807) is 0 Å². The minimum absolute atomic E-state index is 0. The predicted octanol–water partition coefficient (Wildman–Crippen LogP) is -1.22. The van der Waals surface area contributed by atoms with E-state index in [4.69, 9.17) is 4.74 Å². The van der Waals surface area contributed by atoms with Gasteiger partial charge in [0.2, 0.25) is 0 Å². The van der Waals surface area contributed by atoms with Gasteiger partial charge in [-0.25, -0.2) is 4.58 Å². The normalized spacial score (nSPS) is 24.8. The number of aliphatic hydroxyl groups is 1. The summed E-state index contributed by atoms with van der Waals surface area (Å²) in [6.07, 6.45) is 1.81. The van der Waals surface area contributed by atoms with Gasteiger partial charge in [0.05, 0.1) is 12.0 Å². The van der Waals surface area contributed by atoms with Crippen LogP contribution in [0, 0.1) is 0 Å². The minimum atomic E-state index is -0.712. The highest BCUT2D eigenvalue weighted by Gasteiger charge is 2.40. The van der Waals surface area contributed by atoms with Gasteiger partial charge in [-0.2, -0.15) is 0 Å². The molecule has 0 saturated carbocycles. The van der Waals surface area contributed by atoms with Crippen LogP contribution in [0.25, 0.3) is 0 Å². The van der Waals surface area contributed by atoms with Crippen molar-refractivity contribution in [2.45, 2.75) is 64.7 Å². The fourth-order valence-electron chi connectivity index (χ4n) is 2.06. The van der Waals surface area contributed by atoms with E-state index in [0.717, 1.165) is 12.3 Å². The maximum atomic E-state index is 9.82. The van der Waals surface area contributed by atoms with E-state index >= 15 is 0 Å². The lowest BCUT2D eigenvalue weighted by Crippen LogP contribution is -3.00. The van der Waals surface area contributed by atoms with Crippen LogP contribution >= 0.6 is 0 Å². The number of nitrogens with zero attached hydrogens (tertiary/aromatic N) is 1. The summed E-state index contributed by atoms with van der Waals surface area (Å²) in [4.78, 5) is 0. The van der Waals surface area contributed by atoms with Gasteiger partial charge in [-0.3, -0.25) is 0 Å². The number of rotatable bonds is 2. The second-order valence-electron chi connectivity index (χ2n) is 5.89. The highest BCUT2D eigenvalue weighted by molar-refractivity contribution is 5.72. The first kappa shape index (κ1) is 16.2. The average Bonchev–Trinajstić information content (AvgIpc) is 1.95. The van der Waals surface area contributed by atoms with Crippen LogP contribution in [0.1, 0.15) is 47.5 Å². The van der Waals surface area contributed by atoms with Gasteiger partial charge in [0.15, 0.2) is 5.54 Å². The molecule has 1 N–H and O–H groups in total. The van der Waals surface area contributed by atoms with Gasteiger partial charge < -0.3 is 33.8 Å². The molecule has 1 atom stereocenters. The number of halogens is 1. The molecule has 0 amide bonds. The summed E-state index contributed by atoms with van der Waals surface area (Å²) in [5.74, 6) is 0.895. The average molecular weight is 341 g/mol. The molecule has 0 aliphatic carbocycles. The van der Waals surface area contributed by atoms with Crippen molar-refractivity contribution in [1.82, 2.24) is 0 Å². The van der Waals surface area contributed by atoms with Crippen molar-refractivity contribution in [2.24, 2.45) is 0 Å². The summed E-state index contributed by atoms with van der Waals surface area (Å²) >= 11 is 0. The van der Waals surface area contributed by atoms with Gasteiger partial charge in [-0.05, 0) is 20.8 Å². The number of hydrogen-bond acceptors (Lipinski definition) is 2. The Kier molecular flexibility index (Phi) is 5.26. The van der Waals surface area contributed by atoms with E-state index in [1.165, 1.54) is 0 Å². The smallest absolute Gasteiger partial charge is 0.339 e. The molecule has 16 heavy (non-hydrogen) atoms. The highest BCUT2D eigenvalue weighted by Crippen LogP contribution is 2.25. The Balaban J connectivity index is 0.00000225. The lowest BCUT2D eigenvalue weighted by atomic mass is 9.94. The van der Waals surface area contributed by atoms with Crippen molar-refractivity contribution in [2.75, 3.05) is 7.05 Å². The van der Waals surface area contributed by atoms with Gasteiger partial charge in [0.25, 0.3) is 0 Å². The molecule has 0 radical (unpaired) electrons. The number of hydrogen-bond donors (Lipinski definition) is 1. The van der Waals surface area contributed by atoms with Crippen molar-refractivity contribution in [3.05, 3.63) is 0 Å². The molecule has 1 unspecified atom stereocenters. The van der Waals surface area contributed by atoms with Gasteiger partial charge >= 0.3 is 5.90 Å². The minimum Gasteiger partial charge on any atom is -1.00 e. The Bertz CT molecular complexity index is 279. The first-order chi connectivity index (χ1) is 6.62. The largest absolute Gasteiger partial charge is 1.00 e. The van der Waals surface area contributed by atoms with Crippen molar-refractivity contribution >= 4 is 5.90 Å². The lowest BCUT2D eigenvalue weighted by Gasteiger charge is -2.32. The topological polar surface area (TPSA) is 32.5 Å². The van der Waals surface area contributed by atoms with Gasteiger partial charge in [0, 0.05) is 20.3 Å². The van der Waals surface area contributed by atoms with Crippen LogP contribution in [-0.4, -0.2) is 39.9 Å². The molecule has 1 aliphatic rings. The summed E-state index contributed by atoms with van der Waals surface area (Å²) in [5.41, 5.74) is -0.602. The lowest BCUT2D eigenvalue weighted by molar-refractivity contribution is -0.595. The second kappa shape index (κ2) is 5.21. The van der Waals surface area contributed by atoms with E-state index in [0.29, 0.717) is 6.42 Å². The van der Waals surface area contributed by atoms with Crippen LogP contribution in [-0.2, 0) is 4.74 Å². The van der Waals surface area contributed by atoms with Crippen molar-refractivity contribution in [3.8, 4) is 0 Å². The van der Waals surface area contributed by atoms with Gasteiger partial charge in [-0.1, -0.05) is 0 Å². The Labute approximate surface area is 116 Å². The zero-order valence-electron chi connectivity index (χ0n) is 11.2. The maximum Gasteiger partial charge on any atom is 0.339 e. The fraction of sp³-hybridized carbons (Fsp3) is 0.917. The van der Waals surface area contributed by atoms with E-state index in [2.05, 4.69) is 25.3 Å². The molecule has 1 aliphatic heterocycles. The molecule has 1 rings (SSSR count). The predicted molar refractivity (Wildman–Crippen MR) is 61.3 cm³/mol. The molecule has 0 bridgehead atoms. The van der Waals surface area contributed by atoms with Crippen LogP contribution < -0.4 is 24.0 Å². The molecule has 96 valence electrons. The molecule has 0 aromatic heterocycles. The number of ether oxygens (including phenoxy) is 1. The van der Waals surface area contributed by atoms with Crippen LogP contribution in [0.2, 0.25) is 0 Å². The molecule has 1 heterocycles. The van der Waals surface area contributed by atoms with Crippen molar-refractivity contribution in [3.63, 3.8) is 0 Å². The quantitative estimate of drug-likeness (QED) is 0.505. The first-order valence-electron chi connectivity index (χ1n) is 5.60. The van der Waals surface area contributed by atoms with Gasteiger partial charge in [-0.15, -0.1) is 0 Å². The Morgan fingerprint density at radius 1 is 1.50 bits per heavy atom. The summed E-state index contributed by atoms with van der Waals surface area (Å²) in [6, 6.07) is 0. The van der Waals surface area contributed by atoms with E-state index < -0.39 is 5.60 Å². The molecule has 3 nitrogen and oxygen atoms in total. The molecule has 0 spiro atoms. The van der Waals surface area contributed by atoms with Crippen LogP contribution in [0.3, 0.4) is 0 Å². The fourth-order valence-corrected chi connectivity index (χ4v) is 2.06. The SMILES string of the molecule is CC1CC(C)(C)[N+](C)=C(CC(C)(C)O)O1.[I-]. The maximum absolute atomic E-state index is 9.82.